The lowest BCUT2D eigenvalue weighted by Crippen LogP contribution is -2.22. The summed E-state index contributed by atoms with van der Waals surface area (Å²) in [6, 6.07) is 12.9. The first-order chi connectivity index (χ1) is 16.7. The van der Waals surface area contributed by atoms with Gasteiger partial charge in [0.2, 0.25) is 0 Å². The second kappa shape index (κ2) is 9.75. The van der Waals surface area contributed by atoms with Crippen molar-refractivity contribution >= 4 is 33.3 Å². The molecule has 0 saturated heterocycles. The Balaban J connectivity index is 1.61. The lowest BCUT2D eigenvalue weighted by atomic mass is 9.93. The van der Waals surface area contributed by atoms with Crippen LogP contribution in [0.25, 0.3) is 0 Å². The standard InChI is InChI=1S/C25H25N3O6S/c1-15-11-13-17(14-12-15)35(31,32)28-27-20-9-6-10-21-22(20)16(2)23(34-21)24(29)26-19-8-5-4-7-18(19)25(30)33-3/h4-5,7-8,11-14,28H,6,9-10H2,1-3H3,(H,26,29)/b27-20+. The maximum Gasteiger partial charge on any atom is 0.339 e. The minimum atomic E-state index is -3.85. The molecule has 0 fully saturated rings. The molecule has 0 unspecified atom stereocenters. The first-order valence-electron chi connectivity index (χ1n) is 11.0. The molecule has 0 bridgehead atoms. The number of esters is 1. The van der Waals surface area contributed by atoms with Gasteiger partial charge in [-0.2, -0.15) is 18.4 Å². The highest BCUT2D eigenvalue weighted by Crippen LogP contribution is 2.31. The van der Waals surface area contributed by atoms with Gasteiger partial charge in [0.05, 0.1) is 29.0 Å². The molecule has 1 amide bonds. The molecule has 0 atom stereocenters. The van der Waals surface area contributed by atoms with Crippen LogP contribution in [0.2, 0.25) is 0 Å². The van der Waals surface area contributed by atoms with Gasteiger partial charge in [0.15, 0.2) is 5.76 Å². The molecule has 10 heteroatoms. The molecule has 9 nitrogen and oxygen atoms in total. The summed E-state index contributed by atoms with van der Waals surface area (Å²) >= 11 is 0. The van der Waals surface area contributed by atoms with Crippen molar-refractivity contribution in [3.8, 4) is 0 Å². The van der Waals surface area contributed by atoms with E-state index < -0.39 is 21.9 Å². The molecule has 35 heavy (non-hydrogen) atoms. The van der Waals surface area contributed by atoms with Gasteiger partial charge in [-0.25, -0.2) is 4.79 Å². The number of sulfonamides is 1. The molecular formula is C25H25N3O6S. The number of amides is 1. The Morgan fingerprint density at radius 2 is 1.74 bits per heavy atom. The third-order valence-corrected chi connectivity index (χ3v) is 6.97. The van der Waals surface area contributed by atoms with Crippen molar-refractivity contribution in [2.24, 2.45) is 5.10 Å². The molecule has 1 aromatic heterocycles. The lowest BCUT2D eigenvalue weighted by molar-refractivity contribution is 0.0602. The van der Waals surface area contributed by atoms with Crippen LogP contribution < -0.4 is 10.1 Å². The van der Waals surface area contributed by atoms with E-state index in [9.17, 15) is 18.0 Å². The van der Waals surface area contributed by atoms with E-state index in [0.29, 0.717) is 41.9 Å². The Morgan fingerprint density at radius 3 is 2.46 bits per heavy atom. The first kappa shape index (κ1) is 24.2. The van der Waals surface area contributed by atoms with Crippen molar-refractivity contribution in [1.82, 2.24) is 4.83 Å². The molecule has 1 heterocycles. The van der Waals surface area contributed by atoms with Crippen LogP contribution in [-0.2, 0) is 21.2 Å². The predicted molar refractivity (Wildman–Crippen MR) is 130 cm³/mol. The number of aryl methyl sites for hydroxylation is 2. The topological polar surface area (TPSA) is 127 Å². The van der Waals surface area contributed by atoms with Gasteiger partial charge in [0.25, 0.3) is 15.9 Å². The Bertz CT molecular complexity index is 1420. The number of benzene rings is 2. The molecule has 4 rings (SSSR count). The summed E-state index contributed by atoms with van der Waals surface area (Å²) in [7, 11) is -2.59. The van der Waals surface area contributed by atoms with Crippen LogP contribution in [0.15, 0.2) is 62.9 Å². The van der Waals surface area contributed by atoms with Crippen molar-refractivity contribution in [1.29, 1.82) is 0 Å². The van der Waals surface area contributed by atoms with Crippen molar-refractivity contribution in [3.05, 3.63) is 82.3 Å². The van der Waals surface area contributed by atoms with E-state index in [4.69, 9.17) is 9.15 Å². The maximum absolute atomic E-state index is 13.0. The molecule has 1 aliphatic rings. The predicted octanol–water partition coefficient (Wildman–Crippen LogP) is 3.95. The average Bonchev–Trinajstić information content (AvgIpc) is 3.20. The molecule has 0 saturated carbocycles. The van der Waals surface area contributed by atoms with Crippen molar-refractivity contribution in [3.63, 3.8) is 0 Å². The number of hydrazone groups is 1. The van der Waals surface area contributed by atoms with Crippen molar-refractivity contribution in [2.45, 2.75) is 38.0 Å². The Morgan fingerprint density at radius 1 is 1.03 bits per heavy atom. The van der Waals surface area contributed by atoms with Crippen LogP contribution in [0.3, 0.4) is 0 Å². The largest absolute Gasteiger partial charge is 0.465 e. The molecule has 0 aliphatic heterocycles. The van der Waals surface area contributed by atoms with E-state index in [0.717, 1.165) is 5.56 Å². The number of rotatable bonds is 6. The van der Waals surface area contributed by atoms with Gasteiger partial charge >= 0.3 is 5.97 Å². The van der Waals surface area contributed by atoms with Crippen molar-refractivity contribution in [2.75, 3.05) is 12.4 Å². The first-order valence-corrected chi connectivity index (χ1v) is 12.5. The Labute approximate surface area is 203 Å². The zero-order valence-electron chi connectivity index (χ0n) is 19.5. The van der Waals surface area contributed by atoms with Crippen LogP contribution in [0.4, 0.5) is 5.69 Å². The lowest BCUT2D eigenvalue weighted by Gasteiger charge is -2.14. The number of fused-ring (bicyclic) bond motifs is 1. The van der Waals surface area contributed by atoms with E-state index in [1.165, 1.54) is 19.2 Å². The van der Waals surface area contributed by atoms with Crippen LogP contribution in [-0.4, -0.2) is 33.1 Å². The summed E-state index contributed by atoms with van der Waals surface area (Å²) in [4.78, 5) is 27.5. The molecule has 2 N–H and O–H groups in total. The fraction of sp³-hybridized carbons (Fsp3) is 0.240. The van der Waals surface area contributed by atoms with E-state index in [2.05, 4.69) is 15.2 Å². The number of carbonyl (C=O) groups excluding carboxylic acids is 2. The average molecular weight is 496 g/mol. The summed E-state index contributed by atoms with van der Waals surface area (Å²) in [5.41, 5.74) is 3.11. The van der Waals surface area contributed by atoms with E-state index in [-0.39, 0.29) is 21.9 Å². The highest BCUT2D eigenvalue weighted by molar-refractivity contribution is 7.89. The number of nitrogens with zero attached hydrogens (tertiary/aromatic N) is 1. The normalized spacial score (nSPS) is 14.3. The van der Waals surface area contributed by atoms with Crippen LogP contribution in [0.5, 0.6) is 0 Å². The SMILES string of the molecule is COC(=O)c1ccccc1NC(=O)c1oc2c(c1C)/C(=N/NS(=O)(=O)c1ccc(C)cc1)CCC2. The number of para-hydroxylation sites is 1. The zero-order chi connectivity index (χ0) is 25.2. The molecule has 3 aromatic rings. The van der Waals surface area contributed by atoms with E-state index >= 15 is 0 Å². The molecule has 2 aromatic carbocycles. The second-order valence-electron chi connectivity index (χ2n) is 8.17. The summed E-state index contributed by atoms with van der Waals surface area (Å²) in [6.07, 6.45) is 1.80. The number of nitrogens with one attached hydrogen (secondary N) is 2. The van der Waals surface area contributed by atoms with E-state index in [1.54, 1.807) is 43.3 Å². The molecule has 182 valence electrons. The van der Waals surface area contributed by atoms with Crippen LogP contribution >= 0.6 is 0 Å². The second-order valence-corrected chi connectivity index (χ2v) is 9.83. The van der Waals surface area contributed by atoms with Gasteiger partial charge in [-0.1, -0.05) is 29.8 Å². The summed E-state index contributed by atoms with van der Waals surface area (Å²) in [6.45, 7) is 3.59. The minimum Gasteiger partial charge on any atom is -0.465 e. The quantitative estimate of drug-likeness (QED) is 0.394. The zero-order valence-corrected chi connectivity index (χ0v) is 20.4. The third kappa shape index (κ3) is 4.97. The van der Waals surface area contributed by atoms with Crippen LogP contribution in [0, 0.1) is 13.8 Å². The molecule has 0 radical (unpaired) electrons. The molecule has 0 spiro atoms. The highest BCUT2D eigenvalue weighted by atomic mass is 32.2. The number of anilines is 1. The number of methoxy groups -OCH3 is 1. The fourth-order valence-electron chi connectivity index (χ4n) is 3.94. The fourth-order valence-corrected chi connectivity index (χ4v) is 4.77. The summed E-state index contributed by atoms with van der Waals surface area (Å²) in [5, 5.41) is 6.89. The van der Waals surface area contributed by atoms with Crippen LogP contribution in [0.1, 0.15) is 56.2 Å². The van der Waals surface area contributed by atoms with Gasteiger partial charge in [-0.3, -0.25) is 4.79 Å². The van der Waals surface area contributed by atoms with E-state index in [1.807, 2.05) is 6.92 Å². The highest BCUT2D eigenvalue weighted by Gasteiger charge is 2.29. The van der Waals surface area contributed by atoms with Gasteiger partial charge in [0.1, 0.15) is 5.76 Å². The number of ether oxygens (including phenoxy) is 1. The maximum atomic E-state index is 13.0. The van der Waals surface area contributed by atoms with Gasteiger partial charge < -0.3 is 14.5 Å². The smallest absolute Gasteiger partial charge is 0.339 e. The monoisotopic (exact) mass is 495 g/mol. The third-order valence-electron chi connectivity index (χ3n) is 5.74. The van der Waals surface area contributed by atoms with Crippen molar-refractivity contribution < 1.29 is 27.2 Å². The Hall–Kier alpha value is -3.92. The minimum absolute atomic E-state index is 0.0747. The summed E-state index contributed by atoms with van der Waals surface area (Å²) in [5.74, 6) is -0.474. The van der Waals surface area contributed by atoms with Gasteiger partial charge in [-0.05, 0) is 51.0 Å². The van der Waals surface area contributed by atoms with Gasteiger partial charge in [0, 0.05) is 17.5 Å². The summed E-state index contributed by atoms with van der Waals surface area (Å²) < 4.78 is 36.0. The number of carbonyl (C=O) groups is 2. The van der Waals surface area contributed by atoms with Gasteiger partial charge in [-0.15, -0.1) is 0 Å². The molecular weight excluding hydrogens is 470 g/mol. The Kier molecular flexibility index (Phi) is 6.74. The number of furan rings is 1. The number of hydrogen-bond donors (Lipinski definition) is 2. The number of hydrogen-bond acceptors (Lipinski definition) is 7. The molecule has 1 aliphatic carbocycles.